The minimum Gasteiger partial charge on any atom is -0.312 e. The van der Waals surface area contributed by atoms with Crippen LogP contribution in [0, 0.1) is 5.92 Å². The maximum Gasteiger partial charge on any atom is 0.0217 e. The molecule has 1 N–H and O–H groups in total. The molecule has 0 bridgehead atoms. The summed E-state index contributed by atoms with van der Waals surface area (Å²) in [4.78, 5) is 2.56. The second-order valence-electron chi connectivity index (χ2n) is 6.52. The molecular weight excluding hydrogens is 220 g/mol. The molecule has 1 saturated heterocycles. The fraction of sp³-hybridized carbons (Fsp3) is 1.00. The van der Waals surface area contributed by atoms with Gasteiger partial charge in [0.1, 0.15) is 0 Å². The van der Waals surface area contributed by atoms with Gasteiger partial charge < -0.3 is 10.2 Å². The molecule has 1 aliphatic carbocycles. The third kappa shape index (κ3) is 4.24. The number of likely N-dealkylation sites (N-methyl/N-ethyl adjacent to an activating group) is 1. The van der Waals surface area contributed by atoms with Crippen molar-refractivity contribution < 1.29 is 0 Å². The molecule has 18 heavy (non-hydrogen) atoms. The summed E-state index contributed by atoms with van der Waals surface area (Å²) in [5.74, 6) is 1.01. The van der Waals surface area contributed by atoms with Crippen LogP contribution in [0.5, 0.6) is 0 Å². The van der Waals surface area contributed by atoms with Gasteiger partial charge in [-0.2, -0.15) is 0 Å². The quantitative estimate of drug-likeness (QED) is 0.771. The van der Waals surface area contributed by atoms with E-state index in [0.29, 0.717) is 0 Å². The Morgan fingerprint density at radius 3 is 2.67 bits per heavy atom. The van der Waals surface area contributed by atoms with Crippen LogP contribution in [0.25, 0.3) is 0 Å². The zero-order valence-electron chi connectivity index (χ0n) is 12.5. The summed E-state index contributed by atoms with van der Waals surface area (Å²) in [6, 6.07) is 1.60. The summed E-state index contributed by atoms with van der Waals surface area (Å²) >= 11 is 0. The van der Waals surface area contributed by atoms with Gasteiger partial charge in [-0.15, -0.1) is 0 Å². The number of hydrogen-bond acceptors (Lipinski definition) is 2. The van der Waals surface area contributed by atoms with Gasteiger partial charge in [-0.25, -0.2) is 0 Å². The summed E-state index contributed by atoms with van der Waals surface area (Å²) in [6.45, 7) is 4.88. The Morgan fingerprint density at radius 2 is 1.89 bits per heavy atom. The second-order valence-corrected chi connectivity index (χ2v) is 6.52. The first kappa shape index (κ1) is 14.3. The summed E-state index contributed by atoms with van der Waals surface area (Å²) in [5.41, 5.74) is 0. The number of nitrogens with zero attached hydrogens (tertiary/aromatic N) is 1. The molecule has 3 atom stereocenters. The van der Waals surface area contributed by atoms with Crippen LogP contribution in [0.4, 0.5) is 0 Å². The lowest BCUT2D eigenvalue weighted by Gasteiger charge is -2.33. The first-order valence-electron chi connectivity index (χ1n) is 8.23. The fourth-order valence-electron chi connectivity index (χ4n) is 3.70. The van der Waals surface area contributed by atoms with Crippen LogP contribution >= 0.6 is 0 Å². The predicted molar refractivity (Wildman–Crippen MR) is 78.9 cm³/mol. The van der Waals surface area contributed by atoms with Crippen LogP contribution in [0.3, 0.4) is 0 Å². The van der Waals surface area contributed by atoms with Gasteiger partial charge in [0.05, 0.1) is 0 Å². The Balaban J connectivity index is 1.69. The average molecular weight is 252 g/mol. The fourth-order valence-corrected chi connectivity index (χ4v) is 3.70. The van der Waals surface area contributed by atoms with Crippen LogP contribution < -0.4 is 5.32 Å². The van der Waals surface area contributed by atoms with E-state index < -0.39 is 0 Å². The van der Waals surface area contributed by atoms with Crippen LogP contribution in [-0.2, 0) is 0 Å². The van der Waals surface area contributed by atoms with Gasteiger partial charge in [-0.3, -0.25) is 0 Å². The Labute approximate surface area is 114 Å². The lowest BCUT2D eigenvalue weighted by Crippen LogP contribution is -2.45. The Kier molecular flexibility index (Phi) is 5.97. The molecule has 0 amide bonds. The molecule has 1 saturated carbocycles. The normalized spacial score (nSPS) is 35.3. The number of piperidine rings is 1. The third-order valence-electron chi connectivity index (χ3n) is 5.23. The van der Waals surface area contributed by atoms with Crippen molar-refractivity contribution in [1.82, 2.24) is 10.2 Å². The van der Waals surface area contributed by atoms with E-state index in [1.807, 2.05) is 0 Å². The summed E-state index contributed by atoms with van der Waals surface area (Å²) in [7, 11) is 2.30. The monoisotopic (exact) mass is 252 g/mol. The van der Waals surface area contributed by atoms with Crippen LogP contribution in [0.1, 0.15) is 64.7 Å². The first-order valence-corrected chi connectivity index (χ1v) is 8.23. The largest absolute Gasteiger partial charge is 0.312 e. The highest BCUT2D eigenvalue weighted by Crippen LogP contribution is 2.25. The highest BCUT2D eigenvalue weighted by Gasteiger charge is 2.21. The van der Waals surface area contributed by atoms with E-state index in [4.69, 9.17) is 0 Å². The first-order chi connectivity index (χ1) is 8.79. The van der Waals surface area contributed by atoms with Gasteiger partial charge in [0.15, 0.2) is 0 Å². The lowest BCUT2D eigenvalue weighted by atomic mass is 9.97. The molecule has 2 fully saturated rings. The molecule has 3 unspecified atom stereocenters. The van der Waals surface area contributed by atoms with Crippen LogP contribution in [0.15, 0.2) is 0 Å². The van der Waals surface area contributed by atoms with Crippen molar-refractivity contribution in [3.8, 4) is 0 Å². The zero-order valence-corrected chi connectivity index (χ0v) is 12.5. The summed E-state index contributed by atoms with van der Waals surface area (Å²) < 4.78 is 0. The van der Waals surface area contributed by atoms with Crippen LogP contribution in [0.2, 0.25) is 0 Å². The van der Waals surface area contributed by atoms with Gasteiger partial charge in [-0.1, -0.05) is 32.6 Å². The van der Waals surface area contributed by atoms with Gasteiger partial charge in [0, 0.05) is 18.6 Å². The van der Waals surface area contributed by atoms with Crippen molar-refractivity contribution in [2.45, 2.75) is 76.8 Å². The van der Waals surface area contributed by atoms with E-state index in [-0.39, 0.29) is 0 Å². The Hall–Kier alpha value is -0.0800. The summed E-state index contributed by atoms with van der Waals surface area (Å²) in [5, 5.41) is 3.86. The number of hydrogen-bond donors (Lipinski definition) is 1. The van der Waals surface area contributed by atoms with Crippen molar-refractivity contribution in [2.24, 2.45) is 5.92 Å². The maximum absolute atomic E-state index is 3.86. The van der Waals surface area contributed by atoms with E-state index in [1.165, 1.54) is 70.9 Å². The molecule has 0 aromatic carbocycles. The topological polar surface area (TPSA) is 15.3 Å². The van der Waals surface area contributed by atoms with Gasteiger partial charge in [-0.05, 0) is 51.6 Å². The van der Waals surface area contributed by atoms with E-state index in [1.54, 1.807) is 0 Å². The van der Waals surface area contributed by atoms with Gasteiger partial charge >= 0.3 is 0 Å². The molecular formula is C16H32N2. The minimum atomic E-state index is 0.795. The number of rotatable bonds is 4. The smallest absolute Gasteiger partial charge is 0.0217 e. The number of nitrogens with one attached hydrogen (secondary N) is 1. The molecule has 0 aromatic heterocycles. The third-order valence-corrected chi connectivity index (χ3v) is 5.23. The van der Waals surface area contributed by atoms with Gasteiger partial charge in [0.2, 0.25) is 0 Å². The molecule has 0 radical (unpaired) electrons. The molecule has 0 spiro atoms. The molecule has 2 rings (SSSR count). The number of likely N-dealkylation sites (tertiary alicyclic amines) is 1. The van der Waals surface area contributed by atoms with E-state index in [9.17, 15) is 0 Å². The van der Waals surface area contributed by atoms with Crippen molar-refractivity contribution in [2.75, 3.05) is 20.1 Å². The minimum absolute atomic E-state index is 0.795. The average Bonchev–Trinajstić information content (AvgIpc) is 2.63. The molecule has 1 heterocycles. The molecule has 2 heteroatoms. The molecule has 2 nitrogen and oxygen atoms in total. The van der Waals surface area contributed by atoms with E-state index in [2.05, 4.69) is 24.2 Å². The van der Waals surface area contributed by atoms with Crippen molar-refractivity contribution in [1.29, 1.82) is 0 Å². The SMILES string of the molecule is CCC1CCCC(NCC2CCCCN2C)CC1. The molecule has 2 aliphatic rings. The lowest BCUT2D eigenvalue weighted by molar-refractivity contribution is 0.176. The van der Waals surface area contributed by atoms with Crippen LogP contribution in [-0.4, -0.2) is 37.1 Å². The Bertz CT molecular complexity index is 229. The van der Waals surface area contributed by atoms with E-state index in [0.717, 1.165) is 18.0 Å². The van der Waals surface area contributed by atoms with Crippen molar-refractivity contribution in [3.05, 3.63) is 0 Å². The highest BCUT2D eigenvalue weighted by molar-refractivity contribution is 4.80. The van der Waals surface area contributed by atoms with E-state index >= 15 is 0 Å². The maximum atomic E-state index is 3.86. The van der Waals surface area contributed by atoms with Crippen molar-refractivity contribution in [3.63, 3.8) is 0 Å². The Morgan fingerprint density at radius 1 is 1.00 bits per heavy atom. The highest BCUT2D eigenvalue weighted by atomic mass is 15.2. The zero-order chi connectivity index (χ0) is 12.8. The molecule has 0 aromatic rings. The van der Waals surface area contributed by atoms with Crippen molar-refractivity contribution >= 4 is 0 Å². The van der Waals surface area contributed by atoms with Gasteiger partial charge in [0.25, 0.3) is 0 Å². The predicted octanol–water partition coefficient (Wildman–Crippen LogP) is 3.42. The summed E-state index contributed by atoms with van der Waals surface area (Å²) in [6.07, 6.45) is 12.8. The standard InChI is InChI=1S/C16H32N2/c1-3-14-7-6-8-15(11-10-14)17-13-16-9-4-5-12-18(16)2/h14-17H,3-13H2,1-2H3. The molecule has 1 aliphatic heterocycles. The molecule has 106 valence electrons. The second kappa shape index (κ2) is 7.49.